The zero-order chi connectivity index (χ0) is 13.9. The van der Waals surface area contributed by atoms with Crippen LogP contribution in [0.1, 0.15) is 32.1 Å². The van der Waals surface area contributed by atoms with Crippen LogP contribution in [-0.4, -0.2) is 24.8 Å². The van der Waals surface area contributed by atoms with E-state index in [1.165, 1.54) is 6.42 Å². The lowest BCUT2D eigenvalue weighted by atomic mass is 9.86. The van der Waals surface area contributed by atoms with Gasteiger partial charge < -0.3 is 10.2 Å². The summed E-state index contributed by atoms with van der Waals surface area (Å²) in [7, 11) is 0. The van der Waals surface area contributed by atoms with E-state index in [4.69, 9.17) is 0 Å². The average molecular weight is 272 g/mol. The maximum absolute atomic E-state index is 12.4. The van der Waals surface area contributed by atoms with Crippen LogP contribution in [0.4, 0.5) is 11.4 Å². The van der Waals surface area contributed by atoms with Crippen LogP contribution >= 0.6 is 0 Å². The summed E-state index contributed by atoms with van der Waals surface area (Å²) in [6.45, 7) is 0.630. The van der Waals surface area contributed by atoms with Gasteiger partial charge in [0.1, 0.15) is 0 Å². The van der Waals surface area contributed by atoms with Crippen LogP contribution < -0.4 is 10.2 Å². The molecule has 0 radical (unpaired) electrons. The van der Waals surface area contributed by atoms with Gasteiger partial charge in [0.15, 0.2) is 5.78 Å². The summed E-state index contributed by atoms with van der Waals surface area (Å²) >= 11 is 0. The lowest BCUT2D eigenvalue weighted by molar-refractivity contribution is -0.122. The predicted molar refractivity (Wildman–Crippen MR) is 78.9 cm³/mol. The summed E-state index contributed by atoms with van der Waals surface area (Å²) < 4.78 is 0. The summed E-state index contributed by atoms with van der Waals surface area (Å²) in [6, 6.07) is 7.67. The Morgan fingerprint density at radius 2 is 1.95 bits per heavy atom. The van der Waals surface area contributed by atoms with Gasteiger partial charge in [-0.05, 0) is 25.0 Å². The van der Waals surface area contributed by atoms with E-state index in [0.29, 0.717) is 6.54 Å². The van der Waals surface area contributed by atoms with Crippen molar-refractivity contribution in [3.05, 3.63) is 24.3 Å². The molecular weight excluding hydrogens is 252 g/mol. The molecule has 1 aromatic rings. The number of carbonyl (C=O) groups excluding carboxylic acids is 2. The number of amides is 1. The molecule has 0 unspecified atom stereocenters. The number of para-hydroxylation sites is 2. The molecule has 20 heavy (non-hydrogen) atoms. The van der Waals surface area contributed by atoms with E-state index in [0.717, 1.165) is 37.1 Å². The molecule has 3 rings (SSSR count). The first-order chi connectivity index (χ1) is 9.74. The minimum absolute atomic E-state index is 0.0415. The van der Waals surface area contributed by atoms with Gasteiger partial charge in [0.2, 0.25) is 5.91 Å². The fourth-order valence-electron chi connectivity index (χ4n) is 3.19. The Balaban J connectivity index is 1.73. The quantitative estimate of drug-likeness (QED) is 0.920. The number of fused-ring (bicyclic) bond motifs is 1. The van der Waals surface area contributed by atoms with Crippen LogP contribution in [0.3, 0.4) is 0 Å². The molecule has 1 aliphatic heterocycles. The van der Waals surface area contributed by atoms with Gasteiger partial charge in [-0.1, -0.05) is 31.4 Å². The fraction of sp³-hybridized carbons (Fsp3) is 0.500. The molecule has 106 valence electrons. The first-order valence-electron chi connectivity index (χ1n) is 7.40. The lowest BCUT2D eigenvalue weighted by Gasteiger charge is -2.32. The van der Waals surface area contributed by atoms with E-state index in [1.807, 2.05) is 29.2 Å². The van der Waals surface area contributed by atoms with Crippen LogP contribution in [0.15, 0.2) is 24.3 Å². The molecule has 1 aliphatic carbocycles. The largest absolute Gasteiger partial charge is 0.353 e. The Hall–Kier alpha value is -1.84. The van der Waals surface area contributed by atoms with Gasteiger partial charge in [-0.25, -0.2) is 0 Å². The number of hydrogen-bond donors (Lipinski definition) is 1. The topological polar surface area (TPSA) is 49.4 Å². The van der Waals surface area contributed by atoms with Crippen LogP contribution in [0.5, 0.6) is 0 Å². The third kappa shape index (κ3) is 2.69. The van der Waals surface area contributed by atoms with Crippen LogP contribution in [0, 0.1) is 5.92 Å². The molecule has 4 heteroatoms. The first kappa shape index (κ1) is 13.2. The predicted octanol–water partition coefficient (Wildman–Crippen LogP) is 2.59. The van der Waals surface area contributed by atoms with E-state index in [-0.39, 0.29) is 24.2 Å². The Bertz CT molecular complexity index is 521. The second-order valence-corrected chi connectivity index (χ2v) is 5.72. The van der Waals surface area contributed by atoms with Crippen molar-refractivity contribution in [3.8, 4) is 0 Å². The van der Waals surface area contributed by atoms with Crippen molar-refractivity contribution in [2.24, 2.45) is 5.92 Å². The van der Waals surface area contributed by atoms with Crippen molar-refractivity contribution in [2.45, 2.75) is 32.1 Å². The average Bonchev–Trinajstić information content (AvgIpc) is 2.48. The number of ketones is 1. The van der Waals surface area contributed by atoms with Crippen LogP contribution in [0.2, 0.25) is 0 Å². The first-order valence-corrected chi connectivity index (χ1v) is 7.40. The highest BCUT2D eigenvalue weighted by atomic mass is 16.2. The molecule has 1 saturated carbocycles. The second-order valence-electron chi connectivity index (χ2n) is 5.72. The lowest BCUT2D eigenvalue weighted by Crippen LogP contribution is -2.42. The van der Waals surface area contributed by atoms with Crippen molar-refractivity contribution >= 4 is 23.1 Å². The highest BCUT2D eigenvalue weighted by molar-refractivity contribution is 6.02. The Kier molecular flexibility index (Phi) is 3.72. The molecule has 0 atom stereocenters. The Labute approximate surface area is 119 Å². The normalized spacial score (nSPS) is 19.4. The molecule has 0 bridgehead atoms. The molecule has 4 nitrogen and oxygen atoms in total. The van der Waals surface area contributed by atoms with E-state index < -0.39 is 0 Å². The van der Waals surface area contributed by atoms with Crippen molar-refractivity contribution < 1.29 is 9.59 Å². The third-order valence-corrected chi connectivity index (χ3v) is 4.26. The summed E-state index contributed by atoms with van der Waals surface area (Å²) in [5.41, 5.74) is 1.76. The van der Waals surface area contributed by atoms with E-state index in [9.17, 15) is 9.59 Å². The number of nitrogens with zero attached hydrogens (tertiary/aromatic N) is 1. The maximum atomic E-state index is 12.4. The zero-order valence-corrected chi connectivity index (χ0v) is 11.6. The van der Waals surface area contributed by atoms with Crippen molar-refractivity contribution in [1.29, 1.82) is 0 Å². The summed E-state index contributed by atoms with van der Waals surface area (Å²) in [5.74, 6) is 0.440. The smallest absolute Gasteiger partial charge is 0.243 e. The SMILES string of the molecule is O=C1CN(CC(=O)C2CCCCC2)c2ccccc2N1. The van der Waals surface area contributed by atoms with Crippen molar-refractivity contribution in [1.82, 2.24) is 0 Å². The monoisotopic (exact) mass is 272 g/mol. The van der Waals surface area contributed by atoms with Gasteiger partial charge in [0.05, 0.1) is 24.5 Å². The van der Waals surface area contributed by atoms with Crippen LogP contribution in [-0.2, 0) is 9.59 Å². The molecule has 0 aromatic heterocycles. The van der Waals surface area contributed by atoms with Crippen LogP contribution in [0.25, 0.3) is 0 Å². The molecule has 2 aliphatic rings. The number of hydrogen-bond acceptors (Lipinski definition) is 3. The number of benzene rings is 1. The van der Waals surface area contributed by atoms with E-state index in [1.54, 1.807) is 0 Å². The van der Waals surface area contributed by atoms with Gasteiger partial charge >= 0.3 is 0 Å². The molecule has 1 fully saturated rings. The molecule has 1 aromatic carbocycles. The maximum Gasteiger partial charge on any atom is 0.243 e. The molecule has 1 amide bonds. The number of rotatable bonds is 3. The summed E-state index contributed by atoms with van der Waals surface area (Å²) in [6.07, 6.45) is 5.60. The van der Waals surface area contributed by atoms with Gasteiger partial charge in [-0.3, -0.25) is 9.59 Å². The number of Topliss-reactive ketones (excluding diaryl/α,β-unsaturated/α-hetero) is 1. The molecule has 1 N–H and O–H groups in total. The molecule has 0 spiro atoms. The number of carbonyl (C=O) groups is 2. The number of anilines is 2. The molecular formula is C16H20N2O2. The highest BCUT2D eigenvalue weighted by Gasteiger charge is 2.27. The minimum Gasteiger partial charge on any atom is -0.353 e. The minimum atomic E-state index is -0.0415. The van der Waals surface area contributed by atoms with E-state index >= 15 is 0 Å². The van der Waals surface area contributed by atoms with Gasteiger partial charge in [0, 0.05) is 5.92 Å². The van der Waals surface area contributed by atoms with E-state index in [2.05, 4.69) is 5.32 Å². The summed E-state index contributed by atoms with van der Waals surface area (Å²) in [5, 5.41) is 2.85. The standard InChI is InChI=1S/C16H20N2O2/c19-15(12-6-2-1-3-7-12)10-18-11-16(20)17-13-8-4-5-9-14(13)18/h4-5,8-9,12H,1-3,6-7,10-11H2,(H,17,20). The Morgan fingerprint density at radius 1 is 1.20 bits per heavy atom. The Morgan fingerprint density at radius 3 is 2.75 bits per heavy atom. The number of nitrogens with one attached hydrogen (secondary N) is 1. The van der Waals surface area contributed by atoms with Crippen molar-refractivity contribution in [3.63, 3.8) is 0 Å². The fourth-order valence-corrected chi connectivity index (χ4v) is 3.19. The highest BCUT2D eigenvalue weighted by Crippen LogP contribution is 2.30. The zero-order valence-electron chi connectivity index (χ0n) is 11.6. The van der Waals surface area contributed by atoms with Gasteiger partial charge in [0.25, 0.3) is 0 Å². The third-order valence-electron chi connectivity index (χ3n) is 4.26. The second kappa shape index (κ2) is 5.65. The molecule has 0 saturated heterocycles. The van der Waals surface area contributed by atoms with Gasteiger partial charge in [-0.15, -0.1) is 0 Å². The molecule has 1 heterocycles. The van der Waals surface area contributed by atoms with Crippen molar-refractivity contribution in [2.75, 3.05) is 23.3 Å². The summed E-state index contributed by atoms with van der Waals surface area (Å²) in [4.78, 5) is 26.0. The van der Waals surface area contributed by atoms with Gasteiger partial charge in [-0.2, -0.15) is 0 Å².